The van der Waals surface area contributed by atoms with E-state index in [4.69, 9.17) is 11.6 Å². The van der Waals surface area contributed by atoms with Gasteiger partial charge in [0.1, 0.15) is 5.82 Å². The molecule has 0 fully saturated rings. The predicted octanol–water partition coefficient (Wildman–Crippen LogP) is 4.27. The third kappa shape index (κ3) is 3.06. The van der Waals surface area contributed by atoms with Crippen LogP contribution in [0.3, 0.4) is 0 Å². The van der Waals surface area contributed by atoms with E-state index in [1.54, 1.807) is 6.07 Å². The van der Waals surface area contributed by atoms with Gasteiger partial charge in [-0.05, 0) is 34.7 Å². The van der Waals surface area contributed by atoms with E-state index in [2.05, 4.69) is 5.10 Å². The lowest BCUT2D eigenvalue weighted by molar-refractivity contribution is 0.0689. The first-order chi connectivity index (χ1) is 9.62. The highest BCUT2D eigenvalue weighted by molar-refractivity contribution is 14.1. The molecule has 112 valence electrons. The molecule has 0 aliphatic carbocycles. The quantitative estimate of drug-likeness (QED) is 0.736. The Labute approximate surface area is 140 Å². The van der Waals surface area contributed by atoms with E-state index in [1.165, 1.54) is 16.8 Å². The SMILES string of the molecule is CC(C)(C)c1c(I)c(C(=O)O)nn1-c1ccc(Cl)c(F)c1. The summed E-state index contributed by atoms with van der Waals surface area (Å²) in [6, 6.07) is 4.27. The van der Waals surface area contributed by atoms with Gasteiger partial charge in [0.15, 0.2) is 5.69 Å². The lowest BCUT2D eigenvalue weighted by Gasteiger charge is -2.21. The molecule has 0 aliphatic rings. The number of aromatic carboxylic acids is 1. The third-order valence-electron chi connectivity index (χ3n) is 2.89. The van der Waals surface area contributed by atoms with Crippen LogP contribution in [0.5, 0.6) is 0 Å². The van der Waals surface area contributed by atoms with Crippen LogP contribution in [0.4, 0.5) is 4.39 Å². The van der Waals surface area contributed by atoms with Gasteiger partial charge in [-0.25, -0.2) is 13.9 Å². The topological polar surface area (TPSA) is 55.1 Å². The number of hydrogen-bond acceptors (Lipinski definition) is 2. The summed E-state index contributed by atoms with van der Waals surface area (Å²) in [5.41, 5.74) is 0.748. The summed E-state index contributed by atoms with van der Waals surface area (Å²) in [6.07, 6.45) is 0. The molecule has 0 saturated heterocycles. The Morgan fingerprint density at radius 2 is 2.05 bits per heavy atom. The molecule has 0 spiro atoms. The standard InChI is InChI=1S/C14H13ClFIN2O2/c1-14(2,3)12-10(17)11(13(20)21)18-19(12)7-4-5-8(15)9(16)6-7/h4-6H,1-3H3,(H,20,21). The minimum atomic E-state index is -1.11. The number of benzene rings is 1. The molecule has 1 heterocycles. The van der Waals surface area contributed by atoms with E-state index >= 15 is 0 Å². The number of carboxylic acids is 1. The number of carbonyl (C=O) groups is 1. The molecular weight excluding hydrogens is 410 g/mol. The summed E-state index contributed by atoms with van der Waals surface area (Å²) in [6.45, 7) is 5.84. The number of aromatic nitrogens is 2. The predicted molar refractivity (Wildman–Crippen MR) is 86.9 cm³/mol. The summed E-state index contributed by atoms with van der Waals surface area (Å²) < 4.78 is 15.7. The van der Waals surface area contributed by atoms with Crippen molar-refractivity contribution in [3.8, 4) is 5.69 Å². The Morgan fingerprint density at radius 1 is 1.43 bits per heavy atom. The van der Waals surface area contributed by atoms with Crippen molar-refractivity contribution >= 4 is 40.2 Å². The van der Waals surface area contributed by atoms with E-state index in [9.17, 15) is 14.3 Å². The van der Waals surface area contributed by atoms with Gasteiger partial charge in [0, 0.05) is 11.5 Å². The van der Waals surface area contributed by atoms with Crippen molar-refractivity contribution in [1.29, 1.82) is 0 Å². The van der Waals surface area contributed by atoms with Gasteiger partial charge in [0.25, 0.3) is 0 Å². The van der Waals surface area contributed by atoms with Crippen LogP contribution >= 0.6 is 34.2 Å². The van der Waals surface area contributed by atoms with Crippen LogP contribution in [0.15, 0.2) is 18.2 Å². The lowest BCUT2D eigenvalue weighted by Crippen LogP contribution is -2.19. The minimum absolute atomic E-state index is 0.0105. The van der Waals surface area contributed by atoms with Gasteiger partial charge in [-0.15, -0.1) is 0 Å². The van der Waals surface area contributed by atoms with Gasteiger partial charge in [0.2, 0.25) is 0 Å². The normalized spacial score (nSPS) is 11.7. The lowest BCUT2D eigenvalue weighted by atomic mass is 9.91. The Hall–Kier alpha value is -1.15. The molecular formula is C14H13ClFIN2O2. The molecule has 1 aromatic heterocycles. The minimum Gasteiger partial charge on any atom is -0.476 e. The van der Waals surface area contributed by atoms with Crippen LogP contribution in [0.1, 0.15) is 37.0 Å². The summed E-state index contributed by atoms with van der Waals surface area (Å²) >= 11 is 7.64. The van der Waals surface area contributed by atoms with Crippen molar-refractivity contribution in [2.45, 2.75) is 26.2 Å². The molecule has 4 nitrogen and oxygen atoms in total. The monoisotopic (exact) mass is 422 g/mol. The first-order valence-corrected chi connectivity index (χ1v) is 7.56. The molecule has 0 aliphatic heterocycles. The van der Waals surface area contributed by atoms with Crippen LogP contribution < -0.4 is 0 Å². The van der Waals surface area contributed by atoms with Crippen molar-refractivity contribution in [3.63, 3.8) is 0 Å². The highest BCUT2D eigenvalue weighted by atomic mass is 127. The molecule has 0 bridgehead atoms. The zero-order chi connectivity index (χ0) is 15.9. The molecule has 7 heteroatoms. The first-order valence-electron chi connectivity index (χ1n) is 6.10. The Bertz CT molecular complexity index is 722. The van der Waals surface area contributed by atoms with E-state index in [-0.39, 0.29) is 16.1 Å². The first kappa shape index (κ1) is 16.2. The maximum atomic E-state index is 13.7. The fraction of sp³-hybridized carbons (Fsp3) is 0.286. The summed E-state index contributed by atoms with van der Waals surface area (Å²) in [7, 11) is 0. The van der Waals surface area contributed by atoms with Gasteiger partial charge < -0.3 is 5.11 Å². The maximum Gasteiger partial charge on any atom is 0.357 e. The fourth-order valence-electron chi connectivity index (χ4n) is 1.99. The number of nitrogens with zero attached hydrogens (tertiary/aromatic N) is 2. The van der Waals surface area contributed by atoms with Crippen molar-refractivity contribution in [3.05, 3.63) is 44.0 Å². The molecule has 0 unspecified atom stereocenters. The summed E-state index contributed by atoms with van der Waals surface area (Å²) in [5.74, 6) is -1.69. The van der Waals surface area contributed by atoms with Crippen LogP contribution in [-0.2, 0) is 5.41 Å². The molecule has 0 saturated carbocycles. The molecule has 1 aromatic carbocycles. The smallest absolute Gasteiger partial charge is 0.357 e. The number of halogens is 3. The van der Waals surface area contributed by atoms with Gasteiger partial charge in [0.05, 0.1) is 20.0 Å². The van der Waals surface area contributed by atoms with Crippen LogP contribution in [0.25, 0.3) is 5.69 Å². The van der Waals surface area contributed by atoms with Crippen LogP contribution in [0, 0.1) is 9.39 Å². The average molecular weight is 423 g/mol. The summed E-state index contributed by atoms with van der Waals surface area (Å²) in [5, 5.41) is 13.4. The second-order valence-electron chi connectivity index (χ2n) is 5.58. The third-order valence-corrected chi connectivity index (χ3v) is 4.22. The highest BCUT2D eigenvalue weighted by Gasteiger charge is 2.29. The second kappa shape index (κ2) is 5.57. The molecule has 21 heavy (non-hydrogen) atoms. The molecule has 2 rings (SSSR count). The molecule has 2 aromatic rings. The van der Waals surface area contributed by atoms with Gasteiger partial charge in [-0.3, -0.25) is 0 Å². The van der Waals surface area contributed by atoms with E-state index < -0.39 is 11.8 Å². The zero-order valence-corrected chi connectivity index (χ0v) is 14.5. The average Bonchev–Trinajstić information content (AvgIpc) is 2.70. The van der Waals surface area contributed by atoms with Gasteiger partial charge in [-0.2, -0.15) is 5.10 Å². The van der Waals surface area contributed by atoms with E-state index in [0.717, 1.165) is 0 Å². The van der Waals surface area contributed by atoms with Crippen molar-refractivity contribution in [1.82, 2.24) is 9.78 Å². The maximum absolute atomic E-state index is 13.7. The van der Waals surface area contributed by atoms with Gasteiger partial charge >= 0.3 is 5.97 Å². The summed E-state index contributed by atoms with van der Waals surface area (Å²) in [4.78, 5) is 11.3. The Balaban J connectivity index is 2.75. The Morgan fingerprint density at radius 3 is 2.52 bits per heavy atom. The van der Waals surface area contributed by atoms with Crippen molar-refractivity contribution in [2.24, 2.45) is 0 Å². The molecule has 0 radical (unpaired) electrons. The van der Waals surface area contributed by atoms with Crippen LogP contribution in [-0.4, -0.2) is 20.9 Å². The molecule has 0 amide bonds. The number of carboxylic acid groups (broad SMARTS) is 1. The molecule has 1 N–H and O–H groups in total. The fourth-order valence-corrected chi connectivity index (χ4v) is 3.48. The zero-order valence-electron chi connectivity index (χ0n) is 11.6. The number of rotatable bonds is 2. The largest absolute Gasteiger partial charge is 0.476 e. The molecule has 0 atom stereocenters. The van der Waals surface area contributed by atoms with E-state index in [1.807, 2.05) is 43.4 Å². The van der Waals surface area contributed by atoms with Crippen molar-refractivity contribution < 1.29 is 14.3 Å². The number of hydrogen-bond donors (Lipinski definition) is 1. The highest BCUT2D eigenvalue weighted by Crippen LogP contribution is 2.32. The van der Waals surface area contributed by atoms with Crippen molar-refractivity contribution in [2.75, 3.05) is 0 Å². The second-order valence-corrected chi connectivity index (χ2v) is 7.06. The van der Waals surface area contributed by atoms with Crippen LogP contribution in [0.2, 0.25) is 5.02 Å². The Kier molecular flexibility index (Phi) is 4.30. The van der Waals surface area contributed by atoms with E-state index in [0.29, 0.717) is 15.0 Å². The van der Waals surface area contributed by atoms with Gasteiger partial charge in [-0.1, -0.05) is 32.4 Å².